The lowest BCUT2D eigenvalue weighted by Gasteiger charge is -2.13. The Morgan fingerprint density at radius 2 is 1.48 bits per heavy atom. The molecule has 0 spiro atoms. The Labute approximate surface area is 183 Å². The molecule has 0 aliphatic rings. The average Bonchev–Trinajstić information content (AvgIpc) is 2.73. The SMILES string of the molecule is Cc1ccc(NC(=O)c2ccc(OC(=O)COc3c(C)ccc(C)c3C)cc2)c(C)c1. The third kappa shape index (κ3) is 5.51. The van der Waals surface area contributed by atoms with Crippen LogP contribution in [0.2, 0.25) is 0 Å². The van der Waals surface area contributed by atoms with Crippen LogP contribution < -0.4 is 14.8 Å². The van der Waals surface area contributed by atoms with Crippen molar-refractivity contribution in [2.45, 2.75) is 34.6 Å². The first-order chi connectivity index (χ1) is 14.7. The molecule has 0 aromatic heterocycles. The molecule has 0 heterocycles. The van der Waals surface area contributed by atoms with Gasteiger partial charge in [0, 0.05) is 11.3 Å². The van der Waals surface area contributed by atoms with Crippen LogP contribution in [0.1, 0.15) is 38.2 Å². The van der Waals surface area contributed by atoms with Crippen LogP contribution in [0, 0.1) is 34.6 Å². The van der Waals surface area contributed by atoms with Crippen LogP contribution in [0.5, 0.6) is 11.5 Å². The van der Waals surface area contributed by atoms with Crippen molar-refractivity contribution in [1.82, 2.24) is 0 Å². The molecule has 0 atom stereocenters. The standard InChI is InChI=1S/C26H27NO4/c1-16-6-13-23(19(4)14-16)27-26(29)21-9-11-22(12-10-21)31-24(28)15-30-25-18(3)8-7-17(2)20(25)5/h6-14H,15H2,1-5H3,(H,27,29). The van der Waals surface area contributed by atoms with Gasteiger partial charge in [-0.2, -0.15) is 0 Å². The van der Waals surface area contributed by atoms with Crippen LogP contribution in [-0.4, -0.2) is 18.5 Å². The third-order valence-electron chi connectivity index (χ3n) is 5.19. The van der Waals surface area contributed by atoms with Gasteiger partial charge in [-0.05, 0) is 87.2 Å². The molecule has 3 aromatic carbocycles. The topological polar surface area (TPSA) is 64.6 Å². The van der Waals surface area contributed by atoms with Gasteiger partial charge in [0.2, 0.25) is 0 Å². The molecule has 3 aromatic rings. The Balaban J connectivity index is 1.58. The number of carbonyl (C=O) groups excluding carboxylic acids is 2. The first kappa shape index (κ1) is 22.1. The maximum absolute atomic E-state index is 12.5. The molecule has 0 fully saturated rings. The van der Waals surface area contributed by atoms with Crippen molar-refractivity contribution >= 4 is 17.6 Å². The number of esters is 1. The number of carbonyl (C=O) groups is 2. The quantitative estimate of drug-likeness (QED) is 0.427. The highest BCUT2D eigenvalue weighted by atomic mass is 16.6. The maximum Gasteiger partial charge on any atom is 0.349 e. The molecule has 0 bridgehead atoms. The maximum atomic E-state index is 12.5. The molecule has 1 amide bonds. The van der Waals surface area contributed by atoms with E-state index in [4.69, 9.17) is 9.47 Å². The first-order valence-electron chi connectivity index (χ1n) is 10.1. The Kier molecular flexibility index (Phi) is 6.75. The highest BCUT2D eigenvalue weighted by molar-refractivity contribution is 6.04. The number of amides is 1. The molecule has 0 saturated heterocycles. The number of nitrogens with one attached hydrogen (secondary N) is 1. The molecular formula is C26H27NO4. The van der Waals surface area contributed by atoms with E-state index in [1.807, 2.05) is 65.0 Å². The Hall–Kier alpha value is -3.60. The smallest absolute Gasteiger partial charge is 0.349 e. The van der Waals surface area contributed by atoms with Gasteiger partial charge in [-0.1, -0.05) is 29.8 Å². The van der Waals surface area contributed by atoms with Crippen LogP contribution >= 0.6 is 0 Å². The number of ether oxygens (including phenoxy) is 2. The minimum absolute atomic E-state index is 0.194. The summed E-state index contributed by atoms with van der Waals surface area (Å²) >= 11 is 0. The number of hydrogen-bond acceptors (Lipinski definition) is 4. The highest BCUT2D eigenvalue weighted by Gasteiger charge is 2.12. The Morgan fingerprint density at radius 1 is 0.806 bits per heavy atom. The van der Waals surface area contributed by atoms with Crippen LogP contribution in [0.15, 0.2) is 54.6 Å². The lowest BCUT2D eigenvalue weighted by Crippen LogP contribution is -2.18. The van der Waals surface area contributed by atoms with E-state index in [-0.39, 0.29) is 12.5 Å². The summed E-state index contributed by atoms with van der Waals surface area (Å²) in [4.78, 5) is 24.7. The average molecular weight is 418 g/mol. The molecule has 160 valence electrons. The largest absolute Gasteiger partial charge is 0.481 e. The second kappa shape index (κ2) is 9.47. The summed E-state index contributed by atoms with van der Waals surface area (Å²) in [5.74, 6) is 0.330. The van der Waals surface area contributed by atoms with Crippen molar-refractivity contribution in [2.24, 2.45) is 0 Å². The predicted octanol–water partition coefficient (Wildman–Crippen LogP) is 5.47. The molecule has 5 nitrogen and oxygen atoms in total. The molecular weight excluding hydrogens is 390 g/mol. The second-order valence-corrected chi connectivity index (χ2v) is 7.71. The molecule has 0 aliphatic heterocycles. The fourth-order valence-electron chi connectivity index (χ4n) is 3.26. The van der Waals surface area contributed by atoms with E-state index in [1.54, 1.807) is 24.3 Å². The van der Waals surface area contributed by atoms with E-state index in [0.717, 1.165) is 33.5 Å². The number of hydrogen-bond donors (Lipinski definition) is 1. The van der Waals surface area contributed by atoms with E-state index in [1.165, 1.54) is 0 Å². The van der Waals surface area contributed by atoms with Crippen LogP contribution in [0.4, 0.5) is 5.69 Å². The van der Waals surface area contributed by atoms with Crippen LogP contribution in [0.3, 0.4) is 0 Å². The van der Waals surface area contributed by atoms with Gasteiger partial charge in [0.15, 0.2) is 6.61 Å². The molecule has 0 aliphatic carbocycles. The van der Waals surface area contributed by atoms with E-state index < -0.39 is 5.97 Å². The number of rotatable bonds is 6. The summed E-state index contributed by atoms with van der Waals surface area (Å²) in [6.45, 7) is 9.66. The minimum Gasteiger partial charge on any atom is -0.481 e. The molecule has 1 N–H and O–H groups in total. The fraction of sp³-hybridized carbons (Fsp3) is 0.231. The van der Waals surface area contributed by atoms with Gasteiger partial charge < -0.3 is 14.8 Å². The van der Waals surface area contributed by atoms with Gasteiger partial charge >= 0.3 is 5.97 Å². The van der Waals surface area contributed by atoms with Crippen LogP contribution in [-0.2, 0) is 4.79 Å². The van der Waals surface area contributed by atoms with Gasteiger partial charge in [-0.15, -0.1) is 0 Å². The molecule has 0 radical (unpaired) electrons. The van der Waals surface area contributed by atoms with Crippen LogP contribution in [0.25, 0.3) is 0 Å². The van der Waals surface area contributed by atoms with Crippen molar-refractivity contribution in [1.29, 1.82) is 0 Å². The van der Waals surface area contributed by atoms with E-state index in [9.17, 15) is 9.59 Å². The normalized spacial score (nSPS) is 10.5. The molecule has 0 saturated carbocycles. The Bertz CT molecular complexity index is 1120. The zero-order valence-electron chi connectivity index (χ0n) is 18.5. The lowest BCUT2D eigenvalue weighted by atomic mass is 10.1. The summed E-state index contributed by atoms with van der Waals surface area (Å²) in [7, 11) is 0. The zero-order chi connectivity index (χ0) is 22.5. The molecule has 31 heavy (non-hydrogen) atoms. The third-order valence-corrected chi connectivity index (χ3v) is 5.19. The highest BCUT2D eigenvalue weighted by Crippen LogP contribution is 2.26. The van der Waals surface area contributed by atoms with Crippen molar-refractivity contribution in [3.05, 3.63) is 88.0 Å². The number of aryl methyl sites for hydroxylation is 4. The van der Waals surface area contributed by atoms with E-state index >= 15 is 0 Å². The molecule has 5 heteroatoms. The van der Waals surface area contributed by atoms with E-state index in [0.29, 0.717) is 17.1 Å². The molecule has 3 rings (SSSR count). The summed E-state index contributed by atoms with van der Waals surface area (Å²) in [5.41, 5.74) is 6.45. The van der Waals surface area contributed by atoms with Crippen molar-refractivity contribution in [3.63, 3.8) is 0 Å². The number of anilines is 1. The zero-order valence-corrected chi connectivity index (χ0v) is 18.5. The summed E-state index contributed by atoms with van der Waals surface area (Å²) < 4.78 is 11.0. The van der Waals surface area contributed by atoms with Crippen molar-refractivity contribution in [3.8, 4) is 11.5 Å². The van der Waals surface area contributed by atoms with Gasteiger partial charge in [0.05, 0.1) is 0 Å². The monoisotopic (exact) mass is 417 g/mol. The van der Waals surface area contributed by atoms with Gasteiger partial charge in [0.1, 0.15) is 11.5 Å². The minimum atomic E-state index is -0.507. The lowest BCUT2D eigenvalue weighted by molar-refractivity contribution is -0.136. The van der Waals surface area contributed by atoms with Crippen molar-refractivity contribution in [2.75, 3.05) is 11.9 Å². The summed E-state index contributed by atoms with van der Waals surface area (Å²) in [6, 6.07) is 16.3. The molecule has 0 unspecified atom stereocenters. The summed E-state index contributed by atoms with van der Waals surface area (Å²) in [5, 5.41) is 2.90. The van der Waals surface area contributed by atoms with Crippen molar-refractivity contribution < 1.29 is 19.1 Å². The fourth-order valence-corrected chi connectivity index (χ4v) is 3.26. The predicted molar refractivity (Wildman–Crippen MR) is 122 cm³/mol. The van der Waals surface area contributed by atoms with Gasteiger partial charge in [-0.25, -0.2) is 4.79 Å². The summed E-state index contributed by atoms with van der Waals surface area (Å²) in [6.07, 6.45) is 0. The van der Waals surface area contributed by atoms with Gasteiger partial charge in [0.25, 0.3) is 5.91 Å². The number of benzene rings is 3. The first-order valence-corrected chi connectivity index (χ1v) is 10.1. The second-order valence-electron chi connectivity index (χ2n) is 7.71. The van der Waals surface area contributed by atoms with E-state index in [2.05, 4.69) is 5.32 Å². The Morgan fingerprint density at radius 3 is 2.16 bits per heavy atom. The van der Waals surface area contributed by atoms with Gasteiger partial charge in [-0.3, -0.25) is 4.79 Å².